The number of benzene rings is 1. The number of aliphatic imine (C=N–C) groups is 1. The SMILES string of the molecule is CCC1N=C2C=CC(Cl)=CN2C1CNc1ccc(N2CCN(C)CC2)cc1. The first kappa shape index (κ1) is 18.4. The summed E-state index contributed by atoms with van der Waals surface area (Å²) in [6, 6.07) is 9.40. The van der Waals surface area contributed by atoms with Gasteiger partial charge in [-0.1, -0.05) is 18.5 Å². The number of amidine groups is 1. The molecule has 2 atom stereocenters. The van der Waals surface area contributed by atoms with Gasteiger partial charge in [0.05, 0.1) is 17.1 Å². The third kappa shape index (κ3) is 3.99. The van der Waals surface area contributed by atoms with Crippen molar-refractivity contribution >= 4 is 28.8 Å². The molecule has 0 aliphatic carbocycles. The normalized spacial score (nSPS) is 25.3. The van der Waals surface area contributed by atoms with E-state index in [-0.39, 0.29) is 0 Å². The number of hydrogen-bond acceptors (Lipinski definition) is 5. The Morgan fingerprint density at radius 2 is 1.85 bits per heavy atom. The van der Waals surface area contributed by atoms with Gasteiger partial charge in [-0.2, -0.15) is 0 Å². The summed E-state index contributed by atoms with van der Waals surface area (Å²) in [6.07, 6.45) is 6.94. The van der Waals surface area contributed by atoms with E-state index in [2.05, 4.69) is 58.3 Å². The second-order valence-electron chi connectivity index (χ2n) is 7.50. The van der Waals surface area contributed by atoms with E-state index in [9.17, 15) is 0 Å². The standard InChI is InChI=1S/C21H28ClN5/c1-3-19-20(27-15-16(22)4-9-21(27)24-19)14-23-17-5-7-18(8-6-17)26-12-10-25(2)11-13-26/h4-9,15,19-20,23H,3,10-14H2,1-2H3. The molecule has 1 aromatic rings. The second kappa shape index (κ2) is 7.95. The minimum Gasteiger partial charge on any atom is -0.383 e. The molecule has 6 heteroatoms. The number of hydrogen-bond donors (Lipinski definition) is 1. The molecule has 1 aromatic carbocycles. The van der Waals surface area contributed by atoms with E-state index in [0.717, 1.165) is 55.7 Å². The Morgan fingerprint density at radius 1 is 1.11 bits per heavy atom. The number of halogens is 1. The predicted octanol–water partition coefficient (Wildman–Crippen LogP) is 3.36. The highest BCUT2D eigenvalue weighted by Gasteiger charge is 2.34. The largest absolute Gasteiger partial charge is 0.383 e. The summed E-state index contributed by atoms with van der Waals surface area (Å²) in [4.78, 5) is 11.9. The minimum atomic E-state index is 0.292. The van der Waals surface area contributed by atoms with Crippen LogP contribution in [0.5, 0.6) is 0 Å². The smallest absolute Gasteiger partial charge is 0.128 e. The Morgan fingerprint density at radius 3 is 2.56 bits per heavy atom. The number of rotatable bonds is 5. The Labute approximate surface area is 167 Å². The maximum absolute atomic E-state index is 6.21. The lowest BCUT2D eigenvalue weighted by Crippen LogP contribution is -2.44. The zero-order valence-electron chi connectivity index (χ0n) is 16.1. The van der Waals surface area contributed by atoms with Crippen LogP contribution in [0.4, 0.5) is 11.4 Å². The zero-order chi connectivity index (χ0) is 18.8. The molecule has 0 radical (unpaired) electrons. The van der Waals surface area contributed by atoms with E-state index in [1.165, 1.54) is 5.69 Å². The van der Waals surface area contributed by atoms with E-state index in [0.29, 0.717) is 12.1 Å². The maximum Gasteiger partial charge on any atom is 0.128 e. The maximum atomic E-state index is 6.21. The number of likely N-dealkylation sites (N-methyl/N-ethyl adjacent to an activating group) is 1. The van der Waals surface area contributed by atoms with Crippen molar-refractivity contribution in [3.63, 3.8) is 0 Å². The van der Waals surface area contributed by atoms with Gasteiger partial charge in [0.2, 0.25) is 0 Å². The van der Waals surface area contributed by atoms with E-state index in [4.69, 9.17) is 16.6 Å². The first-order valence-corrected chi connectivity index (χ1v) is 10.2. The molecule has 1 saturated heterocycles. The molecule has 0 bridgehead atoms. The van der Waals surface area contributed by atoms with Crippen LogP contribution in [0.2, 0.25) is 0 Å². The van der Waals surface area contributed by atoms with E-state index in [1.807, 2.05) is 18.4 Å². The molecular formula is C21H28ClN5. The number of nitrogens with zero attached hydrogens (tertiary/aromatic N) is 4. The van der Waals surface area contributed by atoms with Gasteiger partial charge >= 0.3 is 0 Å². The van der Waals surface area contributed by atoms with Crippen molar-refractivity contribution in [2.24, 2.45) is 4.99 Å². The van der Waals surface area contributed by atoms with Gasteiger partial charge in [0.1, 0.15) is 5.84 Å². The van der Waals surface area contributed by atoms with Gasteiger partial charge < -0.3 is 20.0 Å². The lowest BCUT2D eigenvalue weighted by molar-refractivity contribution is 0.313. The van der Waals surface area contributed by atoms with Crippen LogP contribution >= 0.6 is 11.6 Å². The van der Waals surface area contributed by atoms with E-state index < -0.39 is 0 Å². The highest BCUT2D eigenvalue weighted by molar-refractivity contribution is 6.32. The summed E-state index contributed by atoms with van der Waals surface area (Å²) in [5, 5.41) is 4.35. The molecule has 0 aromatic heterocycles. The van der Waals surface area contributed by atoms with Crippen molar-refractivity contribution < 1.29 is 0 Å². The van der Waals surface area contributed by atoms with Crippen LogP contribution in [0.15, 0.2) is 52.6 Å². The van der Waals surface area contributed by atoms with Crippen molar-refractivity contribution in [1.82, 2.24) is 9.80 Å². The second-order valence-corrected chi connectivity index (χ2v) is 7.94. The summed E-state index contributed by atoms with van der Waals surface area (Å²) < 4.78 is 0. The van der Waals surface area contributed by atoms with E-state index >= 15 is 0 Å². The van der Waals surface area contributed by atoms with Gasteiger partial charge in [0.15, 0.2) is 0 Å². The molecular weight excluding hydrogens is 358 g/mol. The Bertz CT molecular complexity index is 746. The summed E-state index contributed by atoms with van der Waals surface area (Å²) in [7, 11) is 2.19. The molecule has 5 nitrogen and oxygen atoms in total. The number of allylic oxidation sites excluding steroid dienone is 2. The molecule has 2 unspecified atom stereocenters. The highest BCUT2D eigenvalue weighted by Crippen LogP contribution is 2.27. The number of anilines is 2. The molecule has 0 amide bonds. The van der Waals surface area contributed by atoms with Crippen molar-refractivity contribution in [3.05, 3.63) is 47.6 Å². The van der Waals surface area contributed by atoms with Crippen molar-refractivity contribution in [2.45, 2.75) is 25.4 Å². The van der Waals surface area contributed by atoms with Crippen molar-refractivity contribution in [2.75, 3.05) is 50.0 Å². The molecule has 4 rings (SSSR count). The first-order valence-electron chi connectivity index (χ1n) is 9.83. The lowest BCUT2D eigenvalue weighted by atomic mass is 10.1. The Kier molecular flexibility index (Phi) is 5.41. The van der Waals surface area contributed by atoms with E-state index in [1.54, 1.807) is 0 Å². The van der Waals surface area contributed by atoms with Crippen molar-refractivity contribution in [3.8, 4) is 0 Å². The van der Waals surface area contributed by atoms with Crippen LogP contribution in [0.25, 0.3) is 0 Å². The monoisotopic (exact) mass is 385 g/mol. The van der Waals surface area contributed by atoms with Crippen LogP contribution in [-0.2, 0) is 0 Å². The average molecular weight is 386 g/mol. The summed E-state index contributed by atoms with van der Waals surface area (Å²) in [5.41, 5.74) is 2.46. The summed E-state index contributed by atoms with van der Waals surface area (Å²) >= 11 is 6.21. The van der Waals surface area contributed by atoms with Crippen LogP contribution in [-0.4, -0.2) is 67.5 Å². The topological polar surface area (TPSA) is 34.1 Å². The van der Waals surface area contributed by atoms with Crippen LogP contribution in [0.1, 0.15) is 13.3 Å². The van der Waals surface area contributed by atoms with Gasteiger partial charge in [-0.05, 0) is 49.9 Å². The third-order valence-corrected chi connectivity index (χ3v) is 5.91. The van der Waals surface area contributed by atoms with Gasteiger partial charge in [-0.25, -0.2) is 0 Å². The highest BCUT2D eigenvalue weighted by atomic mass is 35.5. The average Bonchev–Trinajstić information content (AvgIpc) is 3.04. The molecule has 3 heterocycles. The van der Waals surface area contributed by atoms with Gasteiger partial charge in [-0.15, -0.1) is 0 Å². The first-order chi connectivity index (χ1) is 13.1. The summed E-state index contributed by atoms with van der Waals surface area (Å²) in [6.45, 7) is 7.48. The molecule has 0 spiro atoms. The third-order valence-electron chi connectivity index (χ3n) is 5.69. The van der Waals surface area contributed by atoms with Crippen LogP contribution in [0.3, 0.4) is 0 Å². The fourth-order valence-corrected chi connectivity index (χ4v) is 4.14. The molecule has 144 valence electrons. The predicted molar refractivity (Wildman–Crippen MR) is 115 cm³/mol. The molecule has 3 aliphatic rings. The Hall–Kier alpha value is -1.98. The van der Waals surface area contributed by atoms with Gasteiger partial charge in [0, 0.05) is 50.3 Å². The molecule has 1 N–H and O–H groups in total. The molecule has 27 heavy (non-hydrogen) atoms. The van der Waals surface area contributed by atoms with Crippen LogP contribution < -0.4 is 10.2 Å². The fourth-order valence-electron chi connectivity index (χ4n) is 3.97. The molecule has 1 fully saturated rings. The lowest BCUT2D eigenvalue weighted by Gasteiger charge is -2.34. The number of fused-ring (bicyclic) bond motifs is 1. The Balaban J connectivity index is 1.38. The van der Waals surface area contributed by atoms with Gasteiger partial charge in [0.25, 0.3) is 0 Å². The minimum absolute atomic E-state index is 0.292. The quantitative estimate of drug-likeness (QED) is 0.842. The fraction of sp³-hybridized carbons (Fsp3) is 0.476. The molecule has 3 aliphatic heterocycles. The number of piperazine rings is 1. The van der Waals surface area contributed by atoms with Crippen molar-refractivity contribution in [1.29, 1.82) is 0 Å². The number of nitrogens with one attached hydrogen (secondary N) is 1. The van der Waals surface area contributed by atoms with Gasteiger partial charge in [-0.3, -0.25) is 4.99 Å². The molecule has 0 saturated carbocycles. The summed E-state index contributed by atoms with van der Waals surface area (Å²) in [5.74, 6) is 1.02. The zero-order valence-corrected chi connectivity index (χ0v) is 16.9. The van der Waals surface area contributed by atoms with Crippen LogP contribution in [0, 0.1) is 0 Å².